The SMILES string of the molecule is CCC(NC(=O)NC1CCC(C(=O)O)CC1)c1nc(C)cs1. The van der Waals surface area contributed by atoms with Gasteiger partial charge in [0, 0.05) is 17.1 Å². The molecule has 0 bridgehead atoms. The lowest BCUT2D eigenvalue weighted by Gasteiger charge is -2.27. The van der Waals surface area contributed by atoms with Crippen LogP contribution >= 0.6 is 11.3 Å². The van der Waals surface area contributed by atoms with Gasteiger partial charge in [0.05, 0.1) is 12.0 Å². The summed E-state index contributed by atoms with van der Waals surface area (Å²) in [6.07, 6.45) is 3.48. The number of amides is 2. The molecule has 0 aromatic carbocycles. The Kier molecular flexibility index (Phi) is 5.76. The smallest absolute Gasteiger partial charge is 0.315 e. The maximum Gasteiger partial charge on any atom is 0.315 e. The number of carboxylic acid groups (broad SMARTS) is 1. The first kappa shape index (κ1) is 16.7. The van der Waals surface area contributed by atoms with Crippen molar-refractivity contribution >= 4 is 23.3 Å². The number of aliphatic carboxylic acids is 1. The monoisotopic (exact) mass is 325 g/mol. The zero-order chi connectivity index (χ0) is 16.1. The molecule has 2 amide bonds. The zero-order valence-corrected chi connectivity index (χ0v) is 13.8. The fourth-order valence-electron chi connectivity index (χ4n) is 2.74. The molecule has 3 N–H and O–H groups in total. The second-order valence-corrected chi connectivity index (χ2v) is 6.68. The molecule has 1 aromatic rings. The van der Waals surface area contributed by atoms with Crippen LogP contribution in [0.15, 0.2) is 5.38 Å². The topological polar surface area (TPSA) is 91.3 Å². The van der Waals surface area contributed by atoms with E-state index in [9.17, 15) is 9.59 Å². The summed E-state index contributed by atoms with van der Waals surface area (Å²) in [5.41, 5.74) is 0.965. The van der Waals surface area contributed by atoms with E-state index in [0.717, 1.165) is 30.0 Å². The molecule has 1 fully saturated rings. The summed E-state index contributed by atoms with van der Waals surface area (Å²) in [5.74, 6) is -0.990. The predicted octanol–water partition coefficient (Wildman–Crippen LogP) is 2.85. The van der Waals surface area contributed by atoms with E-state index in [0.29, 0.717) is 12.8 Å². The molecule has 1 unspecified atom stereocenters. The summed E-state index contributed by atoms with van der Waals surface area (Å²) in [4.78, 5) is 27.5. The first-order valence-electron chi connectivity index (χ1n) is 7.71. The molecule has 22 heavy (non-hydrogen) atoms. The van der Waals surface area contributed by atoms with Gasteiger partial charge in [-0.2, -0.15) is 0 Å². The van der Waals surface area contributed by atoms with Crippen LogP contribution in [0.4, 0.5) is 4.79 Å². The van der Waals surface area contributed by atoms with Crippen LogP contribution in [-0.2, 0) is 4.79 Å². The van der Waals surface area contributed by atoms with E-state index in [-0.39, 0.29) is 24.0 Å². The van der Waals surface area contributed by atoms with Crippen molar-refractivity contribution in [2.24, 2.45) is 5.92 Å². The summed E-state index contributed by atoms with van der Waals surface area (Å²) in [6, 6.07) is -0.210. The standard InChI is InChI=1S/C15H23N3O3S/c1-3-12(13-16-9(2)8-22-13)18-15(21)17-11-6-4-10(5-7-11)14(19)20/h8,10-12H,3-7H2,1-2H3,(H,19,20)(H2,17,18,21). The molecule has 2 rings (SSSR count). The van der Waals surface area contributed by atoms with Crippen LogP contribution in [-0.4, -0.2) is 28.1 Å². The minimum Gasteiger partial charge on any atom is -0.481 e. The van der Waals surface area contributed by atoms with Crippen molar-refractivity contribution in [2.75, 3.05) is 0 Å². The first-order valence-corrected chi connectivity index (χ1v) is 8.59. The number of hydrogen-bond acceptors (Lipinski definition) is 4. The van der Waals surface area contributed by atoms with Gasteiger partial charge in [-0.3, -0.25) is 4.79 Å². The summed E-state index contributed by atoms with van der Waals surface area (Å²) >= 11 is 1.55. The highest BCUT2D eigenvalue weighted by Gasteiger charge is 2.27. The lowest BCUT2D eigenvalue weighted by atomic mass is 9.86. The minimum absolute atomic E-state index is 0.0612. The first-order chi connectivity index (χ1) is 10.5. The lowest BCUT2D eigenvalue weighted by Crippen LogP contribution is -2.45. The van der Waals surface area contributed by atoms with E-state index >= 15 is 0 Å². The molecule has 1 saturated carbocycles. The van der Waals surface area contributed by atoms with E-state index in [1.54, 1.807) is 11.3 Å². The van der Waals surface area contributed by atoms with E-state index in [2.05, 4.69) is 15.6 Å². The van der Waals surface area contributed by atoms with Crippen LogP contribution in [0, 0.1) is 12.8 Å². The molecule has 6 nitrogen and oxygen atoms in total. The van der Waals surface area contributed by atoms with Gasteiger partial charge in [-0.05, 0) is 39.0 Å². The van der Waals surface area contributed by atoms with Crippen LogP contribution in [0.2, 0.25) is 0 Å². The maximum absolute atomic E-state index is 12.1. The van der Waals surface area contributed by atoms with Gasteiger partial charge in [0.15, 0.2) is 0 Å². The molecule has 122 valence electrons. The second kappa shape index (κ2) is 7.58. The van der Waals surface area contributed by atoms with Crippen LogP contribution in [0.25, 0.3) is 0 Å². The van der Waals surface area contributed by atoms with Gasteiger partial charge in [-0.15, -0.1) is 11.3 Å². The minimum atomic E-state index is -0.729. The van der Waals surface area contributed by atoms with E-state index in [4.69, 9.17) is 5.11 Å². The van der Waals surface area contributed by atoms with Gasteiger partial charge in [0.2, 0.25) is 0 Å². The van der Waals surface area contributed by atoms with Crippen LogP contribution in [0.1, 0.15) is 55.8 Å². The van der Waals surface area contributed by atoms with Crippen LogP contribution in [0.3, 0.4) is 0 Å². The van der Waals surface area contributed by atoms with Crippen molar-refractivity contribution in [1.82, 2.24) is 15.6 Å². The number of carboxylic acids is 1. The van der Waals surface area contributed by atoms with Gasteiger partial charge in [-0.25, -0.2) is 9.78 Å². The Labute approximate surface area is 134 Å². The molecule has 0 saturated heterocycles. The third-order valence-electron chi connectivity index (χ3n) is 4.06. The molecule has 0 radical (unpaired) electrons. The fourth-order valence-corrected chi connectivity index (χ4v) is 3.67. The average molecular weight is 325 g/mol. The Balaban J connectivity index is 1.81. The molecule has 7 heteroatoms. The molecule has 1 heterocycles. The number of rotatable bonds is 5. The van der Waals surface area contributed by atoms with Gasteiger partial charge >= 0.3 is 12.0 Å². The highest BCUT2D eigenvalue weighted by atomic mass is 32.1. The molecule has 1 aromatic heterocycles. The van der Waals surface area contributed by atoms with Crippen molar-refractivity contribution in [3.8, 4) is 0 Å². The van der Waals surface area contributed by atoms with Gasteiger partial charge in [0.1, 0.15) is 5.01 Å². The van der Waals surface area contributed by atoms with Crippen molar-refractivity contribution in [3.63, 3.8) is 0 Å². The average Bonchev–Trinajstić information content (AvgIpc) is 2.91. The fraction of sp³-hybridized carbons (Fsp3) is 0.667. The van der Waals surface area contributed by atoms with E-state index < -0.39 is 5.97 Å². The second-order valence-electron chi connectivity index (χ2n) is 5.79. The maximum atomic E-state index is 12.1. The Bertz CT molecular complexity index is 524. The van der Waals surface area contributed by atoms with Crippen molar-refractivity contribution in [1.29, 1.82) is 0 Å². The molecule has 1 aliphatic rings. The van der Waals surface area contributed by atoms with Gasteiger partial charge in [-0.1, -0.05) is 6.92 Å². The highest BCUT2D eigenvalue weighted by molar-refractivity contribution is 7.09. The molecule has 0 spiro atoms. The Hall–Kier alpha value is -1.63. The Morgan fingerprint density at radius 2 is 2.09 bits per heavy atom. The van der Waals surface area contributed by atoms with Gasteiger partial charge < -0.3 is 15.7 Å². The summed E-state index contributed by atoms with van der Waals surface area (Å²) < 4.78 is 0. The lowest BCUT2D eigenvalue weighted by molar-refractivity contribution is -0.142. The summed E-state index contributed by atoms with van der Waals surface area (Å²) in [7, 11) is 0. The number of carbonyl (C=O) groups is 2. The molecule has 0 aliphatic heterocycles. The Morgan fingerprint density at radius 1 is 1.41 bits per heavy atom. The molecule has 1 atom stereocenters. The number of hydrogen-bond donors (Lipinski definition) is 3. The quantitative estimate of drug-likeness (QED) is 0.776. The normalized spacial score (nSPS) is 22.8. The number of aromatic nitrogens is 1. The largest absolute Gasteiger partial charge is 0.481 e. The zero-order valence-electron chi connectivity index (χ0n) is 13.0. The predicted molar refractivity (Wildman–Crippen MR) is 84.9 cm³/mol. The number of nitrogens with one attached hydrogen (secondary N) is 2. The van der Waals surface area contributed by atoms with Crippen LogP contribution in [0.5, 0.6) is 0 Å². The van der Waals surface area contributed by atoms with Crippen molar-refractivity contribution in [3.05, 3.63) is 16.1 Å². The van der Waals surface area contributed by atoms with Crippen LogP contribution < -0.4 is 10.6 Å². The summed E-state index contributed by atoms with van der Waals surface area (Å²) in [5, 5.41) is 17.8. The van der Waals surface area contributed by atoms with E-state index in [1.807, 2.05) is 19.2 Å². The number of urea groups is 1. The summed E-state index contributed by atoms with van der Waals surface area (Å²) in [6.45, 7) is 3.95. The third kappa shape index (κ3) is 4.43. The molecule has 1 aliphatic carbocycles. The van der Waals surface area contributed by atoms with Gasteiger partial charge in [0.25, 0.3) is 0 Å². The van der Waals surface area contributed by atoms with Crippen molar-refractivity contribution in [2.45, 2.75) is 58.0 Å². The third-order valence-corrected chi connectivity index (χ3v) is 5.14. The number of nitrogens with zero attached hydrogens (tertiary/aromatic N) is 1. The number of thiazole rings is 1. The molecular formula is C15H23N3O3S. The Morgan fingerprint density at radius 3 is 2.59 bits per heavy atom. The number of aryl methyl sites for hydroxylation is 1. The van der Waals surface area contributed by atoms with Crippen molar-refractivity contribution < 1.29 is 14.7 Å². The number of carbonyl (C=O) groups excluding carboxylic acids is 1. The highest BCUT2D eigenvalue weighted by Crippen LogP contribution is 2.25. The van der Waals surface area contributed by atoms with E-state index in [1.165, 1.54) is 0 Å². The molecular weight excluding hydrogens is 302 g/mol.